The zero-order valence-corrected chi connectivity index (χ0v) is 20.8. The van der Waals surface area contributed by atoms with Crippen molar-refractivity contribution in [1.29, 1.82) is 0 Å². The fraction of sp³-hybridized carbons (Fsp3) is 0.0345. The molecule has 0 aliphatic carbocycles. The quantitative estimate of drug-likeness (QED) is 0.101. The second-order valence-corrected chi connectivity index (χ2v) is 8.04. The van der Waals surface area contributed by atoms with E-state index in [1.165, 1.54) is 48.7 Å². The highest BCUT2D eigenvalue weighted by atomic mass is 16.6. The van der Waals surface area contributed by atoms with Crippen molar-refractivity contribution in [1.82, 2.24) is 5.43 Å². The number of rotatable bonds is 10. The predicted molar refractivity (Wildman–Crippen MR) is 144 cm³/mol. The minimum atomic E-state index is -0.651. The summed E-state index contributed by atoms with van der Waals surface area (Å²) in [6.45, 7) is -0.403. The van der Waals surface area contributed by atoms with Crippen LogP contribution in [0.4, 0.5) is 5.69 Å². The number of non-ortho nitro benzene ring substituents is 1. The van der Waals surface area contributed by atoms with E-state index in [-0.39, 0.29) is 22.9 Å². The number of hydrogen-bond donors (Lipinski definition) is 1. The number of nitro benzene ring substituents is 1. The van der Waals surface area contributed by atoms with E-state index >= 15 is 0 Å². The molecule has 0 heterocycles. The zero-order chi connectivity index (χ0) is 28.3. The summed E-state index contributed by atoms with van der Waals surface area (Å²) in [5.74, 6) is -1.42. The van der Waals surface area contributed by atoms with Crippen LogP contribution in [0.15, 0.2) is 108 Å². The van der Waals surface area contributed by atoms with E-state index in [2.05, 4.69) is 10.5 Å². The molecule has 4 aromatic rings. The monoisotopic (exact) mass is 539 g/mol. The molecule has 0 aromatic heterocycles. The Morgan fingerprint density at radius 1 is 0.775 bits per heavy atom. The Balaban J connectivity index is 1.44. The van der Waals surface area contributed by atoms with Gasteiger partial charge in [-0.1, -0.05) is 36.4 Å². The molecule has 4 aromatic carbocycles. The first-order chi connectivity index (χ1) is 19.4. The van der Waals surface area contributed by atoms with Crippen LogP contribution in [-0.4, -0.2) is 35.6 Å². The first kappa shape index (κ1) is 27.2. The van der Waals surface area contributed by atoms with Crippen molar-refractivity contribution in [2.75, 3.05) is 6.61 Å². The van der Waals surface area contributed by atoms with Gasteiger partial charge in [-0.3, -0.25) is 14.9 Å². The van der Waals surface area contributed by atoms with Crippen LogP contribution in [0.2, 0.25) is 0 Å². The van der Waals surface area contributed by atoms with Crippen molar-refractivity contribution in [3.05, 3.63) is 130 Å². The minimum absolute atomic E-state index is 0.0346. The molecule has 0 spiro atoms. The van der Waals surface area contributed by atoms with Crippen LogP contribution in [0.3, 0.4) is 0 Å². The van der Waals surface area contributed by atoms with E-state index in [1.54, 1.807) is 60.7 Å². The smallest absolute Gasteiger partial charge is 0.343 e. The number of hydrazone groups is 1. The summed E-state index contributed by atoms with van der Waals surface area (Å²) in [4.78, 5) is 47.5. The number of esters is 2. The van der Waals surface area contributed by atoms with Crippen molar-refractivity contribution in [3.8, 4) is 17.2 Å². The molecule has 11 nitrogen and oxygen atoms in total. The SMILES string of the molecule is O=C(COc1ccc([N+](=O)[O-])cc1)N/N=C/c1ccc(OC(=O)c2ccccc2)cc1OC(=O)c1ccccc1. The lowest BCUT2D eigenvalue weighted by molar-refractivity contribution is -0.384. The Bertz CT molecular complexity index is 1540. The van der Waals surface area contributed by atoms with Gasteiger partial charge in [-0.15, -0.1) is 0 Å². The van der Waals surface area contributed by atoms with Gasteiger partial charge in [0.2, 0.25) is 0 Å². The van der Waals surface area contributed by atoms with Crippen LogP contribution in [0.1, 0.15) is 26.3 Å². The van der Waals surface area contributed by atoms with Gasteiger partial charge < -0.3 is 14.2 Å². The van der Waals surface area contributed by atoms with E-state index in [0.717, 1.165) is 0 Å². The molecule has 0 radical (unpaired) electrons. The van der Waals surface area contributed by atoms with Crippen LogP contribution < -0.4 is 19.6 Å². The first-order valence-electron chi connectivity index (χ1n) is 11.8. The largest absolute Gasteiger partial charge is 0.484 e. The maximum absolute atomic E-state index is 12.7. The average Bonchev–Trinajstić information content (AvgIpc) is 2.98. The van der Waals surface area contributed by atoms with Gasteiger partial charge in [-0.05, 0) is 48.5 Å². The Hall–Kier alpha value is -5.84. The van der Waals surface area contributed by atoms with Crippen molar-refractivity contribution < 1.29 is 33.5 Å². The molecule has 0 saturated carbocycles. The number of nitrogens with zero attached hydrogens (tertiary/aromatic N) is 2. The molecule has 200 valence electrons. The fourth-order valence-electron chi connectivity index (χ4n) is 3.27. The van der Waals surface area contributed by atoms with Crippen molar-refractivity contribution in [3.63, 3.8) is 0 Å². The van der Waals surface area contributed by atoms with Crippen molar-refractivity contribution in [2.45, 2.75) is 0 Å². The minimum Gasteiger partial charge on any atom is -0.484 e. The Kier molecular flexibility index (Phi) is 8.91. The molecule has 11 heteroatoms. The van der Waals surface area contributed by atoms with Gasteiger partial charge in [0, 0.05) is 23.8 Å². The molecule has 1 amide bonds. The van der Waals surface area contributed by atoms with E-state index in [0.29, 0.717) is 16.7 Å². The highest BCUT2D eigenvalue weighted by Gasteiger charge is 2.15. The van der Waals surface area contributed by atoms with Gasteiger partial charge in [0.25, 0.3) is 11.6 Å². The van der Waals surface area contributed by atoms with Gasteiger partial charge in [0.1, 0.15) is 17.2 Å². The third kappa shape index (κ3) is 7.59. The summed E-state index contributed by atoms with van der Waals surface area (Å²) in [7, 11) is 0. The van der Waals surface area contributed by atoms with E-state index in [9.17, 15) is 24.5 Å². The Labute approximate surface area is 227 Å². The Morgan fingerprint density at radius 3 is 1.95 bits per heavy atom. The predicted octanol–water partition coefficient (Wildman–Crippen LogP) is 4.56. The fourth-order valence-corrected chi connectivity index (χ4v) is 3.27. The molecule has 0 fully saturated rings. The summed E-state index contributed by atoms with van der Waals surface area (Å²) < 4.78 is 16.3. The third-order valence-electron chi connectivity index (χ3n) is 5.23. The number of benzene rings is 4. The average molecular weight is 540 g/mol. The molecule has 0 saturated heterocycles. The number of carbonyl (C=O) groups excluding carboxylic acids is 3. The molecule has 0 aliphatic heterocycles. The van der Waals surface area contributed by atoms with Gasteiger partial charge in [0.15, 0.2) is 6.61 Å². The number of carbonyl (C=O) groups is 3. The normalized spacial score (nSPS) is 10.5. The summed E-state index contributed by atoms with van der Waals surface area (Å²) in [6.07, 6.45) is 1.25. The number of nitrogens with one attached hydrogen (secondary N) is 1. The first-order valence-corrected chi connectivity index (χ1v) is 11.8. The lowest BCUT2D eigenvalue weighted by Crippen LogP contribution is -2.24. The number of ether oxygens (including phenoxy) is 3. The molecule has 0 aliphatic rings. The maximum atomic E-state index is 12.7. The van der Waals surface area contributed by atoms with Crippen LogP contribution in [0, 0.1) is 10.1 Å². The van der Waals surface area contributed by atoms with Crippen molar-refractivity contribution in [2.24, 2.45) is 5.10 Å². The van der Waals surface area contributed by atoms with Gasteiger partial charge in [-0.2, -0.15) is 5.10 Å². The van der Waals surface area contributed by atoms with Gasteiger partial charge >= 0.3 is 11.9 Å². The second kappa shape index (κ2) is 13.1. The lowest BCUT2D eigenvalue weighted by atomic mass is 10.2. The number of hydrogen-bond acceptors (Lipinski definition) is 9. The van der Waals surface area contributed by atoms with Crippen LogP contribution in [0.25, 0.3) is 0 Å². The summed E-state index contributed by atoms with van der Waals surface area (Å²) in [5, 5.41) is 14.6. The standard InChI is InChI=1S/C29H21N3O8/c33-27(19-38-24-15-12-23(13-16-24)32(36)37)31-30-18-22-11-14-25(39-28(34)20-7-3-1-4-8-20)17-26(22)40-29(35)21-9-5-2-6-10-21/h1-18H,19H2,(H,31,33)/b30-18+. The molecule has 0 unspecified atom stereocenters. The highest BCUT2D eigenvalue weighted by molar-refractivity contribution is 5.94. The van der Waals surface area contributed by atoms with Crippen LogP contribution >= 0.6 is 0 Å². The molecule has 0 bridgehead atoms. The molecule has 0 atom stereocenters. The highest BCUT2D eigenvalue weighted by Crippen LogP contribution is 2.26. The zero-order valence-electron chi connectivity index (χ0n) is 20.8. The molecule has 4 rings (SSSR count). The van der Waals surface area contributed by atoms with Crippen molar-refractivity contribution >= 4 is 29.7 Å². The topological polar surface area (TPSA) is 146 Å². The van der Waals surface area contributed by atoms with Crippen LogP contribution in [0.5, 0.6) is 17.2 Å². The summed E-state index contributed by atoms with van der Waals surface area (Å²) in [5.41, 5.74) is 3.13. The second-order valence-electron chi connectivity index (χ2n) is 8.04. The lowest BCUT2D eigenvalue weighted by Gasteiger charge is -2.10. The molecular formula is C29H21N3O8. The van der Waals surface area contributed by atoms with Gasteiger partial charge in [0.05, 0.1) is 22.3 Å². The van der Waals surface area contributed by atoms with Crippen LogP contribution in [-0.2, 0) is 4.79 Å². The molecule has 1 N–H and O–H groups in total. The van der Waals surface area contributed by atoms with E-state index in [4.69, 9.17) is 14.2 Å². The third-order valence-corrected chi connectivity index (χ3v) is 5.23. The summed E-state index contributed by atoms with van der Waals surface area (Å²) >= 11 is 0. The Morgan fingerprint density at radius 2 is 1.35 bits per heavy atom. The molecular weight excluding hydrogens is 518 g/mol. The number of nitro groups is 1. The van der Waals surface area contributed by atoms with Gasteiger partial charge in [-0.25, -0.2) is 15.0 Å². The maximum Gasteiger partial charge on any atom is 0.343 e. The summed E-state index contributed by atoms with van der Waals surface area (Å²) in [6, 6.07) is 26.3. The number of amides is 1. The molecule has 40 heavy (non-hydrogen) atoms. The van der Waals surface area contributed by atoms with E-state index < -0.39 is 29.4 Å². The van der Waals surface area contributed by atoms with E-state index in [1.807, 2.05) is 0 Å².